The van der Waals surface area contributed by atoms with Crippen LogP contribution in [0, 0.1) is 6.92 Å². The SMILES string of the molecule is Cc1c(Cl)cccc1NC(=O)C(=O)N1CCN(CCN)CC1. The molecule has 1 aliphatic heterocycles. The molecule has 7 heteroatoms. The summed E-state index contributed by atoms with van der Waals surface area (Å²) < 4.78 is 0. The maximum Gasteiger partial charge on any atom is 0.313 e. The first-order chi connectivity index (χ1) is 10.5. The molecule has 1 aromatic rings. The summed E-state index contributed by atoms with van der Waals surface area (Å²) in [5.74, 6) is -1.13. The average Bonchev–Trinajstić information content (AvgIpc) is 2.52. The Bertz CT molecular complexity index is 556. The van der Waals surface area contributed by atoms with E-state index in [0.29, 0.717) is 30.3 Å². The Morgan fingerprint density at radius 2 is 1.95 bits per heavy atom. The van der Waals surface area contributed by atoms with E-state index in [0.717, 1.165) is 25.2 Å². The highest BCUT2D eigenvalue weighted by Crippen LogP contribution is 2.22. The first kappa shape index (κ1) is 16.7. The highest BCUT2D eigenvalue weighted by Gasteiger charge is 2.26. The topological polar surface area (TPSA) is 78.7 Å². The molecule has 0 saturated carbocycles. The van der Waals surface area contributed by atoms with Crippen molar-refractivity contribution in [1.29, 1.82) is 0 Å². The minimum atomic E-state index is -0.627. The van der Waals surface area contributed by atoms with Crippen molar-refractivity contribution in [3.8, 4) is 0 Å². The van der Waals surface area contributed by atoms with Gasteiger partial charge in [-0.15, -0.1) is 0 Å². The number of benzene rings is 1. The number of nitrogens with two attached hydrogens (primary N) is 1. The second-order valence-corrected chi connectivity index (χ2v) is 5.70. The highest BCUT2D eigenvalue weighted by molar-refractivity contribution is 6.40. The second-order valence-electron chi connectivity index (χ2n) is 5.29. The summed E-state index contributed by atoms with van der Waals surface area (Å²) >= 11 is 6.01. The number of hydrogen-bond acceptors (Lipinski definition) is 4. The third-order valence-electron chi connectivity index (χ3n) is 3.81. The second kappa shape index (κ2) is 7.58. The van der Waals surface area contributed by atoms with Crippen LogP contribution >= 0.6 is 11.6 Å². The molecular weight excluding hydrogens is 304 g/mol. The van der Waals surface area contributed by atoms with Crippen LogP contribution in [0.1, 0.15) is 5.56 Å². The summed E-state index contributed by atoms with van der Waals surface area (Å²) in [4.78, 5) is 28.1. The molecule has 0 atom stereocenters. The Morgan fingerprint density at radius 3 is 2.59 bits per heavy atom. The van der Waals surface area contributed by atoms with E-state index in [2.05, 4.69) is 10.2 Å². The zero-order valence-corrected chi connectivity index (χ0v) is 13.4. The molecule has 0 spiro atoms. The number of rotatable bonds is 3. The normalized spacial score (nSPS) is 15.7. The Labute approximate surface area is 135 Å². The molecule has 0 aromatic heterocycles. The highest BCUT2D eigenvalue weighted by atomic mass is 35.5. The van der Waals surface area contributed by atoms with Crippen LogP contribution < -0.4 is 11.1 Å². The fourth-order valence-electron chi connectivity index (χ4n) is 2.42. The molecule has 0 bridgehead atoms. The molecule has 2 amide bonds. The number of halogens is 1. The van der Waals surface area contributed by atoms with Crippen LogP contribution in [-0.4, -0.2) is 60.9 Å². The van der Waals surface area contributed by atoms with E-state index in [1.165, 1.54) is 0 Å². The van der Waals surface area contributed by atoms with Crippen LogP contribution in [0.25, 0.3) is 0 Å². The molecule has 1 fully saturated rings. The van der Waals surface area contributed by atoms with Crippen LogP contribution in [0.4, 0.5) is 5.69 Å². The smallest absolute Gasteiger partial charge is 0.313 e. The van der Waals surface area contributed by atoms with Gasteiger partial charge in [0.05, 0.1) is 0 Å². The number of hydrogen-bond donors (Lipinski definition) is 2. The van der Waals surface area contributed by atoms with E-state index in [-0.39, 0.29) is 0 Å². The first-order valence-corrected chi connectivity index (χ1v) is 7.68. The van der Waals surface area contributed by atoms with Gasteiger partial charge in [-0.25, -0.2) is 0 Å². The summed E-state index contributed by atoms with van der Waals surface area (Å²) in [7, 11) is 0. The fraction of sp³-hybridized carbons (Fsp3) is 0.467. The maximum absolute atomic E-state index is 12.2. The molecule has 120 valence electrons. The monoisotopic (exact) mass is 324 g/mol. The van der Waals surface area contributed by atoms with Crippen molar-refractivity contribution in [2.75, 3.05) is 44.6 Å². The molecule has 22 heavy (non-hydrogen) atoms. The fourth-order valence-corrected chi connectivity index (χ4v) is 2.59. The standard InChI is InChI=1S/C15H21ClN4O2/c1-11-12(16)3-2-4-13(11)18-14(21)15(22)20-9-7-19(6-5-17)8-10-20/h2-4H,5-10,17H2,1H3,(H,18,21). The van der Waals surface area contributed by atoms with E-state index >= 15 is 0 Å². The lowest BCUT2D eigenvalue weighted by Gasteiger charge is -2.34. The molecule has 2 rings (SSSR count). The predicted molar refractivity (Wildman–Crippen MR) is 86.9 cm³/mol. The number of carbonyl (C=O) groups is 2. The van der Waals surface area contributed by atoms with Gasteiger partial charge < -0.3 is 16.0 Å². The van der Waals surface area contributed by atoms with Gasteiger partial charge >= 0.3 is 11.8 Å². The number of nitrogens with one attached hydrogen (secondary N) is 1. The van der Waals surface area contributed by atoms with Gasteiger partial charge in [0, 0.05) is 50.0 Å². The molecule has 0 aliphatic carbocycles. The van der Waals surface area contributed by atoms with Crippen molar-refractivity contribution < 1.29 is 9.59 Å². The molecule has 6 nitrogen and oxygen atoms in total. The molecule has 1 heterocycles. The van der Waals surface area contributed by atoms with E-state index in [9.17, 15) is 9.59 Å². The minimum absolute atomic E-state index is 0.508. The van der Waals surface area contributed by atoms with Gasteiger partial charge in [0.15, 0.2) is 0 Å². The van der Waals surface area contributed by atoms with Gasteiger partial charge in [0.1, 0.15) is 0 Å². The minimum Gasteiger partial charge on any atom is -0.332 e. The van der Waals surface area contributed by atoms with Crippen LogP contribution in [0.3, 0.4) is 0 Å². The quantitative estimate of drug-likeness (QED) is 0.802. The Balaban J connectivity index is 1.93. The van der Waals surface area contributed by atoms with Gasteiger partial charge in [-0.2, -0.15) is 0 Å². The third kappa shape index (κ3) is 3.97. The van der Waals surface area contributed by atoms with Crippen LogP contribution in [-0.2, 0) is 9.59 Å². The molecule has 3 N–H and O–H groups in total. The Kier molecular flexibility index (Phi) is 5.76. The lowest BCUT2D eigenvalue weighted by Crippen LogP contribution is -2.52. The Hall–Kier alpha value is -1.63. The first-order valence-electron chi connectivity index (χ1n) is 7.30. The number of nitrogens with zero attached hydrogens (tertiary/aromatic N) is 2. The van der Waals surface area contributed by atoms with Crippen molar-refractivity contribution in [2.45, 2.75) is 6.92 Å². The molecular formula is C15H21ClN4O2. The molecule has 0 unspecified atom stereocenters. The summed E-state index contributed by atoms with van der Waals surface area (Å²) in [5, 5.41) is 3.19. The van der Waals surface area contributed by atoms with Crippen molar-refractivity contribution >= 4 is 29.1 Å². The van der Waals surface area contributed by atoms with E-state index in [1.807, 2.05) is 0 Å². The van der Waals surface area contributed by atoms with Crippen LogP contribution in [0.2, 0.25) is 5.02 Å². The summed E-state index contributed by atoms with van der Waals surface area (Å²) in [6.07, 6.45) is 0. The zero-order chi connectivity index (χ0) is 16.1. The van der Waals surface area contributed by atoms with Crippen LogP contribution in [0.15, 0.2) is 18.2 Å². The molecule has 0 radical (unpaired) electrons. The van der Waals surface area contributed by atoms with Crippen molar-refractivity contribution in [3.05, 3.63) is 28.8 Å². The lowest BCUT2D eigenvalue weighted by atomic mass is 10.2. The van der Waals surface area contributed by atoms with E-state index in [4.69, 9.17) is 17.3 Å². The summed E-state index contributed by atoms with van der Waals surface area (Å²) in [5.41, 5.74) is 6.83. The van der Waals surface area contributed by atoms with Crippen LogP contribution in [0.5, 0.6) is 0 Å². The van der Waals surface area contributed by atoms with E-state index in [1.54, 1.807) is 30.0 Å². The summed E-state index contributed by atoms with van der Waals surface area (Å²) in [6, 6.07) is 5.21. The van der Waals surface area contributed by atoms with Crippen molar-refractivity contribution in [1.82, 2.24) is 9.80 Å². The lowest BCUT2D eigenvalue weighted by molar-refractivity contribution is -0.144. The molecule has 1 aliphatic rings. The zero-order valence-electron chi connectivity index (χ0n) is 12.6. The van der Waals surface area contributed by atoms with Gasteiger partial charge in [0.2, 0.25) is 0 Å². The largest absolute Gasteiger partial charge is 0.332 e. The van der Waals surface area contributed by atoms with Gasteiger partial charge in [0.25, 0.3) is 0 Å². The van der Waals surface area contributed by atoms with Crippen molar-refractivity contribution in [2.24, 2.45) is 5.73 Å². The molecule has 1 saturated heterocycles. The number of anilines is 1. The number of amides is 2. The number of piperazine rings is 1. The molecule has 1 aromatic carbocycles. The average molecular weight is 325 g/mol. The summed E-state index contributed by atoms with van der Waals surface area (Å²) in [6.45, 7) is 5.78. The van der Waals surface area contributed by atoms with Crippen molar-refractivity contribution in [3.63, 3.8) is 0 Å². The third-order valence-corrected chi connectivity index (χ3v) is 4.22. The van der Waals surface area contributed by atoms with Gasteiger partial charge in [-0.05, 0) is 24.6 Å². The number of carbonyl (C=O) groups excluding carboxylic acids is 2. The van der Waals surface area contributed by atoms with Gasteiger partial charge in [-0.1, -0.05) is 17.7 Å². The van der Waals surface area contributed by atoms with Gasteiger partial charge in [-0.3, -0.25) is 14.5 Å². The predicted octanol–water partition coefficient (Wildman–Crippen LogP) is 0.690. The maximum atomic E-state index is 12.2. The van der Waals surface area contributed by atoms with E-state index < -0.39 is 11.8 Å². The Morgan fingerprint density at radius 1 is 1.27 bits per heavy atom.